The summed E-state index contributed by atoms with van der Waals surface area (Å²) in [6.07, 6.45) is 2.92. The molecule has 34 heavy (non-hydrogen) atoms. The number of anilines is 2. The fourth-order valence-electron chi connectivity index (χ4n) is 4.64. The van der Waals surface area contributed by atoms with Gasteiger partial charge in [0.25, 0.3) is 0 Å². The summed E-state index contributed by atoms with van der Waals surface area (Å²) in [5.41, 5.74) is 3.04. The van der Waals surface area contributed by atoms with Crippen molar-refractivity contribution in [3.63, 3.8) is 0 Å². The van der Waals surface area contributed by atoms with Gasteiger partial charge in [-0.15, -0.1) is 0 Å². The molecule has 0 saturated carbocycles. The first-order chi connectivity index (χ1) is 16.4. The minimum atomic E-state index is -0.526. The Labute approximate surface area is 207 Å². The van der Waals surface area contributed by atoms with E-state index in [2.05, 4.69) is 52.0 Å². The summed E-state index contributed by atoms with van der Waals surface area (Å²) in [7, 11) is 0. The lowest BCUT2D eigenvalue weighted by atomic mass is 9.95. The number of nitrogens with one attached hydrogen (secondary N) is 1. The van der Waals surface area contributed by atoms with Crippen LogP contribution in [0.15, 0.2) is 28.9 Å². The molecule has 2 aromatic heterocycles. The largest absolute Gasteiger partial charge is 0.379 e. The van der Waals surface area contributed by atoms with Crippen molar-refractivity contribution >= 4 is 44.5 Å². The van der Waals surface area contributed by atoms with E-state index in [0.29, 0.717) is 36.4 Å². The lowest BCUT2D eigenvalue weighted by Crippen LogP contribution is -2.50. The number of hydrazine groups is 1. The molecule has 10 heteroatoms. The highest BCUT2D eigenvalue weighted by atomic mass is 79.9. The summed E-state index contributed by atoms with van der Waals surface area (Å²) >= 11 is 3.56. The van der Waals surface area contributed by atoms with E-state index < -0.39 is 5.92 Å². The molecule has 180 valence electrons. The van der Waals surface area contributed by atoms with Crippen LogP contribution in [0.1, 0.15) is 44.4 Å². The van der Waals surface area contributed by atoms with E-state index in [4.69, 9.17) is 19.8 Å². The van der Waals surface area contributed by atoms with Crippen LogP contribution in [0, 0.1) is 5.92 Å². The molecule has 2 aliphatic rings. The molecule has 1 N–H and O–H groups in total. The van der Waals surface area contributed by atoms with Crippen LogP contribution in [0.4, 0.5) is 11.6 Å². The zero-order valence-corrected chi connectivity index (χ0v) is 21.4. The summed E-state index contributed by atoms with van der Waals surface area (Å²) in [6.45, 7) is 10.9. The second-order valence-electron chi connectivity index (χ2n) is 9.23. The first-order valence-electron chi connectivity index (χ1n) is 11.9. The second kappa shape index (κ2) is 9.59. The normalized spacial score (nSPS) is 18.5. The van der Waals surface area contributed by atoms with Gasteiger partial charge in [0, 0.05) is 42.5 Å². The van der Waals surface area contributed by atoms with Crippen LogP contribution in [-0.4, -0.2) is 63.5 Å². The number of carbonyl (C=O) groups is 1. The number of hydrogen-bond donors (Lipinski definition) is 1. The summed E-state index contributed by atoms with van der Waals surface area (Å²) in [5.74, 6) is 0.407. The van der Waals surface area contributed by atoms with Crippen molar-refractivity contribution in [1.82, 2.24) is 24.8 Å². The Hall–Kier alpha value is -2.56. The second-order valence-corrected chi connectivity index (χ2v) is 10.1. The Bertz CT molecular complexity index is 1210. The molecule has 1 saturated heterocycles. The van der Waals surface area contributed by atoms with Crippen LogP contribution in [-0.2, 0) is 16.1 Å². The molecule has 0 aliphatic carbocycles. The predicted molar refractivity (Wildman–Crippen MR) is 135 cm³/mol. The highest BCUT2D eigenvalue weighted by Gasteiger charge is 2.36. The molecule has 4 heterocycles. The van der Waals surface area contributed by atoms with Crippen LogP contribution in [0.25, 0.3) is 11.0 Å². The summed E-state index contributed by atoms with van der Waals surface area (Å²) < 4.78 is 8.41. The Morgan fingerprint density at radius 3 is 2.79 bits per heavy atom. The maximum Gasteiger partial charge on any atom is 0.242 e. The third kappa shape index (κ3) is 4.42. The van der Waals surface area contributed by atoms with E-state index in [0.717, 1.165) is 53.7 Å². The standard InChI is InChI=1S/C24H30BrN7O2/c1-4-7-32(31-8-10-34-11-9-31)24-27-21(18-14-30(13-15(2)3)29-22(18)28-24)20-17-12-16(25)5-6-19(17)26-23(20)33/h5-6,12,14-15,20H,4,7-11,13H2,1-3H3,(H,26,33). The SMILES string of the molecule is CCCN(c1nc(C2C(=O)Nc3ccc(Br)cc32)c2cn(CC(C)C)nc2n1)N1CCOCC1. The number of ether oxygens (including phenoxy) is 1. The Balaban J connectivity index is 1.67. The van der Waals surface area contributed by atoms with Crippen LogP contribution >= 0.6 is 15.9 Å². The summed E-state index contributed by atoms with van der Waals surface area (Å²) in [5, 5.41) is 13.0. The van der Waals surface area contributed by atoms with Crippen LogP contribution in [0.5, 0.6) is 0 Å². The smallest absolute Gasteiger partial charge is 0.242 e. The minimum Gasteiger partial charge on any atom is -0.379 e. The molecule has 5 rings (SSSR count). The number of hydrogen-bond acceptors (Lipinski definition) is 7. The van der Waals surface area contributed by atoms with E-state index in [1.54, 1.807) is 0 Å². The van der Waals surface area contributed by atoms with E-state index in [1.807, 2.05) is 29.1 Å². The van der Waals surface area contributed by atoms with E-state index in [9.17, 15) is 4.79 Å². The number of benzene rings is 1. The maximum atomic E-state index is 13.2. The van der Waals surface area contributed by atoms with Gasteiger partial charge in [-0.1, -0.05) is 36.7 Å². The number of halogens is 1. The lowest BCUT2D eigenvalue weighted by molar-refractivity contribution is -0.116. The minimum absolute atomic E-state index is 0.0796. The molecule has 1 fully saturated rings. The number of morpholine rings is 1. The fourth-order valence-corrected chi connectivity index (χ4v) is 5.02. The van der Waals surface area contributed by atoms with Crippen molar-refractivity contribution in [2.24, 2.45) is 5.92 Å². The van der Waals surface area contributed by atoms with Crippen molar-refractivity contribution in [3.05, 3.63) is 40.1 Å². The van der Waals surface area contributed by atoms with Gasteiger partial charge in [0.1, 0.15) is 5.92 Å². The zero-order chi connectivity index (χ0) is 23.8. The van der Waals surface area contributed by atoms with Crippen LogP contribution in [0.3, 0.4) is 0 Å². The predicted octanol–water partition coefficient (Wildman–Crippen LogP) is 3.79. The quantitative estimate of drug-likeness (QED) is 0.499. The van der Waals surface area contributed by atoms with Gasteiger partial charge in [0.15, 0.2) is 5.65 Å². The number of fused-ring (bicyclic) bond motifs is 2. The first kappa shape index (κ1) is 23.2. The molecule has 1 aromatic carbocycles. The molecule has 1 atom stereocenters. The highest BCUT2D eigenvalue weighted by molar-refractivity contribution is 9.10. The van der Waals surface area contributed by atoms with Crippen molar-refractivity contribution in [3.8, 4) is 0 Å². The van der Waals surface area contributed by atoms with Gasteiger partial charge in [-0.05, 0) is 36.1 Å². The molecule has 2 aliphatic heterocycles. The van der Waals surface area contributed by atoms with E-state index in [1.165, 1.54) is 0 Å². The topological polar surface area (TPSA) is 88.4 Å². The van der Waals surface area contributed by atoms with Crippen molar-refractivity contribution < 1.29 is 9.53 Å². The summed E-state index contributed by atoms with van der Waals surface area (Å²) in [4.78, 5) is 23.2. The van der Waals surface area contributed by atoms with Crippen molar-refractivity contribution in [2.45, 2.75) is 39.7 Å². The van der Waals surface area contributed by atoms with Gasteiger partial charge in [-0.3, -0.25) is 14.5 Å². The number of aromatic nitrogens is 4. The van der Waals surface area contributed by atoms with Gasteiger partial charge in [-0.25, -0.2) is 9.99 Å². The molecular weight excluding hydrogens is 498 g/mol. The third-order valence-corrected chi connectivity index (χ3v) is 6.60. The highest BCUT2D eigenvalue weighted by Crippen LogP contribution is 2.40. The molecular formula is C24H30BrN7O2. The van der Waals surface area contributed by atoms with Gasteiger partial charge in [-0.2, -0.15) is 10.1 Å². The van der Waals surface area contributed by atoms with Gasteiger partial charge in [0.2, 0.25) is 11.9 Å². The van der Waals surface area contributed by atoms with Crippen molar-refractivity contribution in [2.75, 3.05) is 43.2 Å². The Morgan fingerprint density at radius 2 is 2.06 bits per heavy atom. The zero-order valence-electron chi connectivity index (χ0n) is 19.8. The summed E-state index contributed by atoms with van der Waals surface area (Å²) in [6, 6.07) is 5.86. The molecule has 0 spiro atoms. The fraction of sp³-hybridized carbons (Fsp3) is 0.500. The van der Waals surface area contributed by atoms with E-state index >= 15 is 0 Å². The average molecular weight is 528 g/mol. The van der Waals surface area contributed by atoms with E-state index in [-0.39, 0.29) is 5.91 Å². The molecule has 3 aromatic rings. The first-order valence-corrected chi connectivity index (χ1v) is 12.7. The maximum absolute atomic E-state index is 13.2. The molecule has 9 nitrogen and oxygen atoms in total. The van der Waals surface area contributed by atoms with Gasteiger partial charge < -0.3 is 10.1 Å². The number of amides is 1. The van der Waals surface area contributed by atoms with Crippen LogP contribution in [0.2, 0.25) is 0 Å². The molecule has 0 bridgehead atoms. The van der Waals surface area contributed by atoms with Crippen LogP contribution < -0.4 is 10.3 Å². The molecule has 1 unspecified atom stereocenters. The third-order valence-electron chi connectivity index (χ3n) is 6.11. The number of carbonyl (C=O) groups excluding carboxylic acids is 1. The van der Waals surface area contributed by atoms with Crippen molar-refractivity contribution in [1.29, 1.82) is 0 Å². The average Bonchev–Trinajstić information content (AvgIpc) is 3.36. The molecule has 0 radical (unpaired) electrons. The Kier molecular flexibility index (Phi) is 6.54. The monoisotopic (exact) mass is 527 g/mol. The Morgan fingerprint density at radius 1 is 1.26 bits per heavy atom. The lowest BCUT2D eigenvalue weighted by Gasteiger charge is -2.37. The van der Waals surface area contributed by atoms with Gasteiger partial charge >= 0.3 is 0 Å². The van der Waals surface area contributed by atoms with Gasteiger partial charge in [0.05, 0.1) is 24.3 Å². The molecule has 1 amide bonds. The number of nitrogens with zero attached hydrogens (tertiary/aromatic N) is 6. The number of rotatable bonds is 7.